The van der Waals surface area contributed by atoms with Crippen LogP contribution in [0.5, 0.6) is 0 Å². The molecular formula is C12H18N4. The van der Waals surface area contributed by atoms with Gasteiger partial charge in [-0.3, -0.25) is 4.98 Å². The van der Waals surface area contributed by atoms with Gasteiger partial charge in [-0.2, -0.15) is 5.26 Å². The quantitative estimate of drug-likeness (QED) is 0.767. The third kappa shape index (κ3) is 4.87. The molecule has 0 fully saturated rings. The smallest absolute Gasteiger partial charge is 0.0940 e. The zero-order valence-electron chi connectivity index (χ0n) is 9.63. The third-order valence-corrected chi connectivity index (χ3v) is 2.52. The van der Waals surface area contributed by atoms with Gasteiger partial charge in [0, 0.05) is 25.5 Å². The van der Waals surface area contributed by atoms with Gasteiger partial charge in [0.05, 0.1) is 12.1 Å². The molecular weight excluding hydrogens is 200 g/mol. The van der Waals surface area contributed by atoms with Gasteiger partial charge in [0.25, 0.3) is 0 Å². The van der Waals surface area contributed by atoms with Crippen molar-refractivity contribution in [1.29, 1.82) is 5.26 Å². The monoisotopic (exact) mass is 218 g/mol. The summed E-state index contributed by atoms with van der Waals surface area (Å²) < 4.78 is 0. The number of pyridine rings is 1. The van der Waals surface area contributed by atoms with Gasteiger partial charge in [0.15, 0.2) is 0 Å². The maximum Gasteiger partial charge on any atom is 0.0940 e. The van der Waals surface area contributed by atoms with Gasteiger partial charge in [-0.25, -0.2) is 0 Å². The van der Waals surface area contributed by atoms with Crippen LogP contribution in [-0.2, 0) is 6.42 Å². The Kier molecular flexibility index (Phi) is 5.48. The van der Waals surface area contributed by atoms with Crippen molar-refractivity contribution in [3.63, 3.8) is 0 Å². The molecule has 0 aliphatic carbocycles. The Morgan fingerprint density at radius 2 is 2.12 bits per heavy atom. The van der Waals surface area contributed by atoms with Crippen molar-refractivity contribution in [2.24, 2.45) is 5.73 Å². The summed E-state index contributed by atoms with van der Waals surface area (Å²) in [7, 11) is 2.05. The molecule has 0 radical (unpaired) electrons. The number of hydrogen-bond acceptors (Lipinski definition) is 4. The van der Waals surface area contributed by atoms with E-state index in [2.05, 4.69) is 9.88 Å². The molecule has 0 aromatic carbocycles. The fourth-order valence-corrected chi connectivity index (χ4v) is 1.41. The van der Waals surface area contributed by atoms with Gasteiger partial charge in [-0.15, -0.1) is 0 Å². The first kappa shape index (κ1) is 12.6. The largest absolute Gasteiger partial charge is 0.316 e. The molecule has 0 spiro atoms. The van der Waals surface area contributed by atoms with E-state index in [1.807, 2.05) is 25.2 Å². The first-order valence-corrected chi connectivity index (χ1v) is 5.45. The molecule has 16 heavy (non-hydrogen) atoms. The van der Waals surface area contributed by atoms with E-state index >= 15 is 0 Å². The molecule has 4 heteroatoms. The summed E-state index contributed by atoms with van der Waals surface area (Å²) in [6.45, 7) is 1.84. The fourth-order valence-electron chi connectivity index (χ4n) is 1.41. The van der Waals surface area contributed by atoms with Crippen LogP contribution in [0.2, 0.25) is 0 Å². The third-order valence-electron chi connectivity index (χ3n) is 2.52. The number of aromatic nitrogens is 1. The number of nitrogens with zero attached hydrogens (tertiary/aromatic N) is 3. The first-order valence-electron chi connectivity index (χ1n) is 5.45. The summed E-state index contributed by atoms with van der Waals surface area (Å²) in [5, 5.41) is 8.56. The van der Waals surface area contributed by atoms with Gasteiger partial charge in [0.2, 0.25) is 0 Å². The summed E-state index contributed by atoms with van der Waals surface area (Å²) in [6, 6.07) is 5.74. The van der Waals surface area contributed by atoms with E-state index in [0.717, 1.165) is 25.9 Å². The van der Waals surface area contributed by atoms with E-state index in [0.29, 0.717) is 0 Å². The molecule has 1 aromatic heterocycles. The molecule has 1 unspecified atom stereocenters. The lowest BCUT2D eigenvalue weighted by molar-refractivity contribution is 0.329. The molecule has 0 saturated heterocycles. The predicted octanol–water partition coefficient (Wildman–Crippen LogP) is 0.797. The van der Waals surface area contributed by atoms with Gasteiger partial charge in [0.1, 0.15) is 0 Å². The molecule has 1 aromatic rings. The van der Waals surface area contributed by atoms with Crippen molar-refractivity contribution in [3.05, 3.63) is 30.1 Å². The molecule has 0 bridgehead atoms. The van der Waals surface area contributed by atoms with E-state index in [1.54, 1.807) is 12.4 Å². The van der Waals surface area contributed by atoms with Gasteiger partial charge >= 0.3 is 0 Å². The van der Waals surface area contributed by atoms with E-state index in [9.17, 15) is 0 Å². The Morgan fingerprint density at radius 3 is 2.75 bits per heavy atom. The summed E-state index contributed by atoms with van der Waals surface area (Å²) >= 11 is 0. The van der Waals surface area contributed by atoms with Crippen LogP contribution < -0.4 is 5.73 Å². The Labute approximate surface area is 96.7 Å². The normalized spacial score (nSPS) is 12.4. The van der Waals surface area contributed by atoms with Crippen molar-refractivity contribution in [2.45, 2.75) is 18.9 Å². The lowest BCUT2D eigenvalue weighted by Crippen LogP contribution is -2.28. The highest BCUT2D eigenvalue weighted by atomic mass is 15.1. The van der Waals surface area contributed by atoms with Crippen LogP contribution in [0.4, 0.5) is 0 Å². The molecule has 86 valence electrons. The summed E-state index contributed by atoms with van der Waals surface area (Å²) in [6.07, 6.45) is 5.34. The van der Waals surface area contributed by atoms with Gasteiger partial charge in [-0.05, 0) is 37.6 Å². The van der Waals surface area contributed by atoms with E-state index in [4.69, 9.17) is 11.0 Å². The summed E-state index contributed by atoms with van der Waals surface area (Å²) in [5.41, 5.74) is 6.82. The standard InChI is InChI=1S/C12H18N4/c1-16(9-5-12(14)10-13)8-4-11-2-6-15-7-3-11/h2-3,6-7,12H,4-5,8-9,14H2,1H3. The number of likely N-dealkylation sites (N-methyl/N-ethyl adjacent to an activating group) is 1. The van der Waals surface area contributed by atoms with Gasteiger partial charge < -0.3 is 10.6 Å². The highest BCUT2D eigenvalue weighted by Crippen LogP contribution is 1.99. The number of nitriles is 1. The van der Waals surface area contributed by atoms with Crippen LogP contribution in [0.3, 0.4) is 0 Å². The van der Waals surface area contributed by atoms with E-state index < -0.39 is 0 Å². The predicted molar refractivity (Wildman–Crippen MR) is 63.6 cm³/mol. The second-order valence-electron chi connectivity index (χ2n) is 3.93. The van der Waals surface area contributed by atoms with Crippen molar-refractivity contribution >= 4 is 0 Å². The summed E-state index contributed by atoms with van der Waals surface area (Å²) in [4.78, 5) is 6.17. The lowest BCUT2D eigenvalue weighted by Gasteiger charge is -2.16. The number of rotatable bonds is 6. The fraction of sp³-hybridized carbons (Fsp3) is 0.500. The Hall–Kier alpha value is -1.44. The Morgan fingerprint density at radius 1 is 1.44 bits per heavy atom. The molecule has 2 N–H and O–H groups in total. The van der Waals surface area contributed by atoms with Crippen LogP contribution in [0.15, 0.2) is 24.5 Å². The minimum absolute atomic E-state index is 0.344. The Balaban J connectivity index is 2.21. The van der Waals surface area contributed by atoms with Crippen LogP contribution in [0.1, 0.15) is 12.0 Å². The molecule has 0 aliphatic heterocycles. The van der Waals surface area contributed by atoms with E-state index in [-0.39, 0.29) is 6.04 Å². The molecule has 0 amide bonds. The maximum atomic E-state index is 8.56. The minimum atomic E-state index is -0.344. The van der Waals surface area contributed by atoms with E-state index in [1.165, 1.54) is 5.56 Å². The molecule has 1 rings (SSSR count). The van der Waals surface area contributed by atoms with Crippen LogP contribution in [-0.4, -0.2) is 36.1 Å². The summed E-state index contributed by atoms with van der Waals surface area (Å²) in [5.74, 6) is 0. The molecule has 1 atom stereocenters. The minimum Gasteiger partial charge on any atom is -0.316 e. The van der Waals surface area contributed by atoms with Crippen molar-refractivity contribution < 1.29 is 0 Å². The molecule has 4 nitrogen and oxygen atoms in total. The topological polar surface area (TPSA) is 65.9 Å². The zero-order chi connectivity index (χ0) is 11.8. The SMILES string of the molecule is CN(CCc1ccncc1)CCC(N)C#N. The maximum absolute atomic E-state index is 8.56. The van der Waals surface area contributed by atoms with Crippen LogP contribution >= 0.6 is 0 Å². The molecule has 0 aliphatic rings. The van der Waals surface area contributed by atoms with Crippen LogP contribution in [0, 0.1) is 11.3 Å². The number of hydrogen-bond donors (Lipinski definition) is 1. The average Bonchev–Trinajstić information content (AvgIpc) is 2.34. The lowest BCUT2D eigenvalue weighted by atomic mass is 10.2. The molecule has 0 saturated carbocycles. The average molecular weight is 218 g/mol. The highest BCUT2D eigenvalue weighted by Gasteiger charge is 2.03. The van der Waals surface area contributed by atoms with Crippen molar-refractivity contribution in [2.75, 3.05) is 20.1 Å². The van der Waals surface area contributed by atoms with Crippen molar-refractivity contribution in [1.82, 2.24) is 9.88 Å². The van der Waals surface area contributed by atoms with Gasteiger partial charge in [-0.1, -0.05) is 0 Å². The highest BCUT2D eigenvalue weighted by molar-refractivity contribution is 5.09. The first-order chi connectivity index (χ1) is 7.72. The second-order valence-corrected chi connectivity index (χ2v) is 3.93. The zero-order valence-corrected chi connectivity index (χ0v) is 9.63. The number of nitrogens with two attached hydrogens (primary N) is 1. The van der Waals surface area contributed by atoms with Crippen LogP contribution in [0.25, 0.3) is 0 Å². The Bertz CT molecular complexity index is 331. The van der Waals surface area contributed by atoms with Crippen molar-refractivity contribution in [3.8, 4) is 6.07 Å². The molecule has 1 heterocycles. The second kappa shape index (κ2) is 6.94.